The lowest BCUT2D eigenvalue weighted by atomic mass is 9.95. The highest BCUT2D eigenvalue weighted by Crippen LogP contribution is 2.22. The van der Waals surface area contributed by atoms with Gasteiger partial charge in [0, 0.05) is 55.9 Å². The van der Waals surface area contributed by atoms with Gasteiger partial charge in [0.25, 0.3) is 5.91 Å². The molecule has 3 fully saturated rings. The number of nitrogens with zero attached hydrogens (tertiary/aromatic N) is 3. The first-order valence-electron chi connectivity index (χ1n) is 11.9. The van der Waals surface area contributed by atoms with Crippen LogP contribution in [0.1, 0.15) is 55.3 Å². The molecule has 1 N–H and O–H groups in total. The molecule has 3 aliphatic rings. The number of hydrogen-bond donors (Lipinski definition) is 1. The molecule has 1 atom stereocenters. The second-order valence-electron chi connectivity index (χ2n) is 9.19. The Kier molecular flexibility index (Phi) is 7.55. The number of carbonyl (C=O) groups excluding carboxylic acids is 3. The van der Waals surface area contributed by atoms with Crippen molar-refractivity contribution in [3.8, 4) is 0 Å². The molecule has 1 aliphatic carbocycles. The van der Waals surface area contributed by atoms with Crippen molar-refractivity contribution in [2.45, 2.75) is 51.0 Å². The molecular formula is C24H33ClN4O3. The van der Waals surface area contributed by atoms with Crippen LogP contribution in [0.25, 0.3) is 0 Å². The smallest absolute Gasteiger partial charge is 0.317 e. The molecule has 1 aromatic rings. The van der Waals surface area contributed by atoms with Gasteiger partial charge in [-0.3, -0.25) is 9.59 Å². The quantitative estimate of drug-likeness (QED) is 0.751. The SMILES string of the molecule is O=C(NC1CCCCC1)N1CCN(C(=O)C2CCCN(C(=O)c3ccc(Cl)cc3)C2)CC1. The van der Waals surface area contributed by atoms with Crippen molar-refractivity contribution in [3.63, 3.8) is 0 Å². The van der Waals surface area contributed by atoms with Crippen LogP contribution < -0.4 is 5.32 Å². The van der Waals surface area contributed by atoms with E-state index >= 15 is 0 Å². The number of carbonyl (C=O) groups is 3. The minimum Gasteiger partial charge on any atom is -0.339 e. The summed E-state index contributed by atoms with van der Waals surface area (Å²) < 4.78 is 0. The molecule has 1 aromatic carbocycles. The molecule has 8 heteroatoms. The first-order valence-corrected chi connectivity index (χ1v) is 12.3. The maximum absolute atomic E-state index is 13.1. The summed E-state index contributed by atoms with van der Waals surface area (Å²) in [5.41, 5.74) is 0.597. The Bertz CT molecular complexity index is 817. The van der Waals surface area contributed by atoms with Gasteiger partial charge in [-0.2, -0.15) is 0 Å². The summed E-state index contributed by atoms with van der Waals surface area (Å²) >= 11 is 5.93. The standard InChI is InChI=1S/C24H33ClN4O3/c25-20-10-8-18(9-11-20)22(30)29-12-4-5-19(17-29)23(31)27-13-15-28(16-14-27)24(32)26-21-6-2-1-3-7-21/h8-11,19,21H,1-7,12-17H2,(H,26,32). The maximum atomic E-state index is 13.1. The molecule has 0 aromatic heterocycles. The Morgan fingerprint density at radius 1 is 0.781 bits per heavy atom. The molecule has 1 unspecified atom stereocenters. The van der Waals surface area contributed by atoms with E-state index in [9.17, 15) is 14.4 Å². The first kappa shape index (κ1) is 22.9. The van der Waals surface area contributed by atoms with E-state index in [0.29, 0.717) is 55.9 Å². The van der Waals surface area contributed by atoms with Gasteiger partial charge in [0.05, 0.1) is 5.92 Å². The molecule has 2 saturated heterocycles. The fourth-order valence-electron chi connectivity index (χ4n) is 5.04. The fraction of sp³-hybridized carbons (Fsp3) is 0.625. The normalized spacial score (nSPS) is 22.5. The van der Waals surface area contributed by atoms with E-state index in [4.69, 9.17) is 11.6 Å². The van der Waals surface area contributed by atoms with Crippen LogP contribution in [-0.2, 0) is 4.79 Å². The second kappa shape index (κ2) is 10.6. The van der Waals surface area contributed by atoms with Gasteiger partial charge >= 0.3 is 6.03 Å². The number of amides is 4. The van der Waals surface area contributed by atoms with Gasteiger partial charge in [-0.05, 0) is 49.9 Å². The number of benzene rings is 1. The number of urea groups is 1. The predicted molar refractivity (Wildman–Crippen MR) is 124 cm³/mol. The van der Waals surface area contributed by atoms with E-state index in [2.05, 4.69) is 5.32 Å². The largest absolute Gasteiger partial charge is 0.339 e. The van der Waals surface area contributed by atoms with Crippen molar-refractivity contribution >= 4 is 29.4 Å². The van der Waals surface area contributed by atoms with E-state index in [1.165, 1.54) is 19.3 Å². The van der Waals surface area contributed by atoms with Crippen LogP contribution in [0.2, 0.25) is 5.02 Å². The van der Waals surface area contributed by atoms with Gasteiger partial charge in [0.2, 0.25) is 5.91 Å². The summed E-state index contributed by atoms with van der Waals surface area (Å²) in [7, 11) is 0. The van der Waals surface area contributed by atoms with Crippen LogP contribution in [0, 0.1) is 5.92 Å². The fourth-order valence-corrected chi connectivity index (χ4v) is 5.17. The molecule has 0 bridgehead atoms. The van der Waals surface area contributed by atoms with Crippen molar-refractivity contribution in [2.75, 3.05) is 39.3 Å². The Morgan fingerprint density at radius 3 is 2.12 bits per heavy atom. The van der Waals surface area contributed by atoms with Crippen molar-refractivity contribution in [1.29, 1.82) is 0 Å². The van der Waals surface area contributed by atoms with E-state index in [0.717, 1.165) is 25.7 Å². The van der Waals surface area contributed by atoms with E-state index in [1.54, 1.807) is 29.2 Å². The summed E-state index contributed by atoms with van der Waals surface area (Å²) in [5, 5.41) is 3.76. The van der Waals surface area contributed by atoms with Crippen LogP contribution in [0.5, 0.6) is 0 Å². The third-order valence-corrected chi connectivity index (χ3v) is 7.21. The number of halogens is 1. The number of likely N-dealkylation sites (tertiary alicyclic amines) is 1. The lowest BCUT2D eigenvalue weighted by molar-refractivity contribution is -0.138. The third kappa shape index (κ3) is 5.55. The second-order valence-corrected chi connectivity index (χ2v) is 9.63. The van der Waals surface area contributed by atoms with Gasteiger partial charge in [-0.1, -0.05) is 30.9 Å². The lowest BCUT2D eigenvalue weighted by Gasteiger charge is -2.39. The van der Waals surface area contributed by atoms with Gasteiger partial charge in [-0.25, -0.2) is 4.79 Å². The highest BCUT2D eigenvalue weighted by molar-refractivity contribution is 6.30. The van der Waals surface area contributed by atoms with Gasteiger partial charge in [0.15, 0.2) is 0 Å². The van der Waals surface area contributed by atoms with Gasteiger partial charge in [-0.15, -0.1) is 0 Å². The maximum Gasteiger partial charge on any atom is 0.317 e. The van der Waals surface area contributed by atoms with Crippen LogP contribution in [0.4, 0.5) is 4.79 Å². The Balaban J connectivity index is 1.26. The number of piperazine rings is 1. The van der Waals surface area contributed by atoms with Crippen molar-refractivity contribution < 1.29 is 14.4 Å². The lowest BCUT2D eigenvalue weighted by Crippen LogP contribution is -2.56. The molecule has 1 saturated carbocycles. The van der Waals surface area contributed by atoms with Crippen molar-refractivity contribution in [1.82, 2.24) is 20.0 Å². The Labute approximate surface area is 195 Å². The minimum absolute atomic E-state index is 0.00130. The van der Waals surface area contributed by atoms with Crippen LogP contribution in [-0.4, -0.2) is 77.9 Å². The van der Waals surface area contributed by atoms with Gasteiger partial charge in [0.1, 0.15) is 0 Å². The number of nitrogens with one attached hydrogen (secondary N) is 1. The van der Waals surface area contributed by atoms with E-state index in [1.807, 2.05) is 9.80 Å². The van der Waals surface area contributed by atoms with Crippen LogP contribution >= 0.6 is 11.6 Å². The zero-order chi connectivity index (χ0) is 22.5. The molecule has 7 nitrogen and oxygen atoms in total. The minimum atomic E-state index is -0.178. The first-order chi connectivity index (χ1) is 15.5. The summed E-state index contributed by atoms with van der Waals surface area (Å²) in [6, 6.07) is 7.18. The molecule has 0 spiro atoms. The Hall–Kier alpha value is -2.28. The molecular weight excluding hydrogens is 428 g/mol. The van der Waals surface area contributed by atoms with Crippen LogP contribution in [0.15, 0.2) is 24.3 Å². The van der Waals surface area contributed by atoms with E-state index < -0.39 is 0 Å². The summed E-state index contributed by atoms with van der Waals surface area (Å²) in [6.07, 6.45) is 7.38. The number of rotatable bonds is 3. The average Bonchev–Trinajstić information content (AvgIpc) is 2.84. The predicted octanol–water partition coefficient (Wildman–Crippen LogP) is 3.38. The number of hydrogen-bond acceptors (Lipinski definition) is 3. The molecule has 4 amide bonds. The molecule has 2 aliphatic heterocycles. The molecule has 2 heterocycles. The molecule has 0 radical (unpaired) electrons. The molecule has 4 rings (SSSR count). The average molecular weight is 461 g/mol. The molecule has 174 valence electrons. The van der Waals surface area contributed by atoms with E-state index in [-0.39, 0.29) is 23.8 Å². The topological polar surface area (TPSA) is 73.0 Å². The summed E-state index contributed by atoms with van der Waals surface area (Å²) in [4.78, 5) is 44.0. The van der Waals surface area contributed by atoms with Crippen molar-refractivity contribution in [2.24, 2.45) is 5.92 Å². The summed E-state index contributed by atoms with van der Waals surface area (Å²) in [5.74, 6) is -0.128. The zero-order valence-corrected chi connectivity index (χ0v) is 19.4. The monoisotopic (exact) mass is 460 g/mol. The highest BCUT2D eigenvalue weighted by atomic mass is 35.5. The highest BCUT2D eigenvalue weighted by Gasteiger charge is 2.33. The molecule has 32 heavy (non-hydrogen) atoms. The van der Waals surface area contributed by atoms with Crippen LogP contribution in [0.3, 0.4) is 0 Å². The van der Waals surface area contributed by atoms with Crippen molar-refractivity contribution in [3.05, 3.63) is 34.9 Å². The summed E-state index contributed by atoms with van der Waals surface area (Å²) in [6.45, 7) is 3.34. The number of piperidine rings is 1. The Morgan fingerprint density at radius 2 is 1.44 bits per heavy atom. The van der Waals surface area contributed by atoms with Gasteiger partial charge < -0.3 is 20.0 Å². The zero-order valence-electron chi connectivity index (χ0n) is 18.6. The third-order valence-electron chi connectivity index (χ3n) is 6.96.